The number of imide groups is 1. The van der Waals surface area contributed by atoms with Gasteiger partial charge in [0.1, 0.15) is 12.4 Å². The van der Waals surface area contributed by atoms with Crippen molar-refractivity contribution in [3.05, 3.63) is 103 Å². The van der Waals surface area contributed by atoms with Crippen LogP contribution in [0.5, 0.6) is 5.75 Å². The Hall–Kier alpha value is -3.07. The Labute approximate surface area is 213 Å². The lowest BCUT2D eigenvalue weighted by atomic mass is 10.1. The van der Waals surface area contributed by atoms with E-state index in [0.717, 1.165) is 28.5 Å². The van der Waals surface area contributed by atoms with Crippen LogP contribution in [0.3, 0.4) is 0 Å². The molecule has 0 aromatic heterocycles. The molecule has 6 nitrogen and oxygen atoms in total. The number of nitrogens with zero attached hydrogens (tertiary/aromatic N) is 1. The van der Waals surface area contributed by atoms with Gasteiger partial charge >= 0.3 is 5.97 Å². The van der Waals surface area contributed by atoms with Crippen molar-refractivity contribution in [3.8, 4) is 5.75 Å². The lowest BCUT2D eigenvalue weighted by Crippen LogP contribution is -2.27. The van der Waals surface area contributed by atoms with E-state index in [0.29, 0.717) is 20.2 Å². The molecule has 1 heterocycles. The first-order chi connectivity index (χ1) is 16.3. The summed E-state index contributed by atoms with van der Waals surface area (Å²) >= 11 is 10.3. The van der Waals surface area contributed by atoms with Gasteiger partial charge in [0.15, 0.2) is 0 Å². The van der Waals surface area contributed by atoms with E-state index in [9.17, 15) is 14.4 Å². The minimum Gasteiger partial charge on any atom is -0.488 e. The van der Waals surface area contributed by atoms with Crippen molar-refractivity contribution in [2.75, 3.05) is 0 Å². The third-order valence-corrected chi connectivity index (χ3v) is 6.73. The van der Waals surface area contributed by atoms with Gasteiger partial charge in [-0.25, -0.2) is 4.79 Å². The van der Waals surface area contributed by atoms with E-state index in [-0.39, 0.29) is 29.9 Å². The second-order valence-corrected chi connectivity index (χ2v) is 9.66. The maximum absolute atomic E-state index is 12.8. The molecule has 3 aromatic rings. The van der Waals surface area contributed by atoms with E-state index in [2.05, 4.69) is 15.9 Å². The van der Waals surface area contributed by atoms with Gasteiger partial charge in [0.05, 0.1) is 21.5 Å². The molecule has 1 aliphatic rings. The van der Waals surface area contributed by atoms with Gasteiger partial charge < -0.3 is 9.84 Å². The van der Waals surface area contributed by atoms with Gasteiger partial charge in [-0.05, 0) is 86.9 Å². The fourth-order valence-electron chi connectivity index (χ4n) is 3.24. The summed E-state index contributed by atoms with van der Waals surface area (Å²) < 4.78 is 6.47. The molecule has 0 bridgehead atoms. The highest BCUT2D eigenvalue weighted by molar-refractivity contribution is 9.10. The molecule has 0 saturated carbocycles. The Morgan fingerprint density at radius 2 is 1.82 bits per heavy atom. The Kier molecular flexibility index (Phi) is 7.41. The van der Waals surface area contributed by atoms with Crippen molar-refractivity contribution in [2.45, 2.75) is 13.2 Å². The monoisotopic (exact) mass is 557 g/mol. The molecule has 1 N–H and O–H groups in total. The summed E-state index contributed by atoms with van der Waals surface area (Å²) in [7, 11) is 0. The first-order valence-corrected chi connectivity index (χ1v) is 12.0. The zero-order valence-electron chi connectivity index (χ0n) is 17.5. The lowest BCUT2D eigenvalue weighted by Gasteiger charge is -2.12. The van der Waals surface area contributed by atoms with E-state index in [4.69, 9.17) is 21.4 Å². The minimum absolute atomic E-state index is 0.179. The standard InChI is InChI=1S/C25H17BrClNO5S/c26-20-11-16(6-9-21(20)33-14-17-2-1-3-18(10-17)24(30)31)12-22-23(29)28(25(32)34-22)13-15-4-7-19(27)8-5-15/h1-12H,13-14H2,(H,30,31)/b22-12+. The highest BCUT2D eigenvalue weighted by Crippen LogP contribution is 2.35. The molecule has 4 rings (SSSR count). The third kappa shape index (κ3) is 5.70. The number of thioether (sulfide) groups is 1. The molecule has 0 aliphatic carbocycles. The van der Waals surface area contributed by atoms with Crippen molar-refractivity contribution in [3.63, 3.8) is 0 Å². The second kappa shape index (κ2) is 10.5. The first-order valence-electron chi connectivity index (χ1n) is 10.0. The SMILES string of the molecule is O=C(O)c1cccc(COc2ccc(/C=C3/SC(=O)N(Cc4ccc(Cl)cc4)C3=O)cc2Br)c1. The summed E-state index contributed by atoms with van der Waals surface area (Å²) in [5.41, 5.74) is 2.46. The highest BCUT2D eigenvalue weighted by atomic mass is 79.9. The van der Waals surface area contributed by atoms with Crippen molar-refractivity contribution in [1.29, 1.82) is 0 Å². The van der Waals surface area contributed by atoms with Crippen molar-refractivity contribution in [1.82, 2.24) is 4.90 Å². The number of rotatable bonds is 7. The fraction of sp³-hybridized carbons (Fsp3) is 0.0800. The molecule has 0 radical (unpaired) electrons. The van der Waals surface area contributed by atoms with Crippen LogP contribution in [0.4, 0.5) is 4.79 Å². The van der Waals surface area contributed by atoms with Gasteiger partial charge in [-0.15, -0.1) is 0 Å². The Morgan fingerprint density at radius 3 is 2.53 bits per heavy atom. The van der Waals surface area contributed by atoms with Gasteiger partial charge in [0, 0.05) is 5.02 Å². The number of ether oxygens (including phenoxy) is 1. The topological polar surface area (TPSA) is 83.9 Å². The predicted molar refractivity (Wildman–Crippen MR) is 135 cm³/mol. The maximum atomic E-state index is 12.8. The number of carboxylic acid groups (broad SMARTS) is 1. The summed E-state index contributed by atoms with van der Waals surface area (Å²) in [5, 5.41) is 9.38. The van der Waals surface area contributed by atoms with Crippen molar-refractivity contribution in [2.24, 2.45) is 0 Å². The van der Waals surface area contributed by atoms with Gasteiger partial charge in [-0.3, -0.25) is 14.5 Å². The first kappa shape index (κ1) is 24.1. The average Bonchev–Trinajstić information content (AvgIpc) is 3.07. The summed E-state index contributed by atoms with van der Waals surface area (Å²) in [4.78, 5) is 37.9. The van der Waals surface area contributed by atoms with Crippen LogP contribution in [0.1, 0.15) is 27.0 Å². The number of carboxylic acids is 1. The second-order valence-electron chi connectivity index (χ2n) is 7.38. The number of hydrogen-bond donors (Lipinski definition) is 1. The average molecular weight is 559 g/mol. The van der Waals surface area contributed by atoms with E-state index >= 15 is 0 Å². The number of halogens is 2. The maximum Gasteiger partial charge on any atom is 0.335 e. The quantitative estimate of drug-likeness (QED) is 0.328. The lowest BCUT2D eigenvalue weighted by molar-refractivity contribution is -0.123. The van der Waals surface area contributed by atoms with Crippen LogP contribution in [0.15, 0.2) is 76.1 Å². The van der Waals surface area contributed by atoms with Crippen LogP contribution < -0.4 is 4.74 Å². The number of aromatic carboxylic acids is 1. The molecule has 0 spiro atoms. The Morgan fingerprint density at radius 1 is 1.06 bits per heavy atom. The zero-order chi connectivity index (χ0) is 24.2. The number of carbonyl (C=O) groups excluding carboxylic acids is 2. The molecule has 0 unspecified atom stereocenters. The third-order valence-electron chi connectivity index (χ3n) is 4.95. The highest BCUT2D eigenvalue weighted by Gasteiger charge is 2.35. The number of benzene rings is 3. The normalized spacial score (nSPS) is 14.6. The fourth-order valence-corrected chi connectivity index (χ4v) is 4.71. The smallest absolute Gasteiger partial charge is 0.335 e. The minimum atomic E-state index is -0.995. The van der Waals surface area contributed by atoms with Crippen LogP contribution in [0.25, 0.3) is 6.08 Å². The molecule has 1 aliphatic heterocycles. The summed E-state index contributed by atoms with van der Waals surface area (Å²) in [6.07, 6.45) is 1.66. The molecule has 172 valence electrons. The molecule has 1 saturated heterocycles. The number of carbonyl (C=O) groups is 3. The molecule has 34 heavy (non-hydrogen) atoms. The van der Waals surface area contributed by atoms with E-state index < -0.39 is 5.97 Å². The van der Waals surface area contributed by atoms with Gasteiger partial charge in [0.2, 0.25) is 0 Å². The van der Waals surface area contributed by atoms with E-state index in [1.165, 1.54) is 11.0 Å². The Balaban J connectivity index is 1.44. The van der Waals surface area contributed by atoms with Crippen LogP contribution in [0, 0.1) is 0 Å². The van der Waals surface area contributed by atoms with E-state index in [1.807, 2.05) is 0 Å². The van der Waals surface area contributed by atoms with Gasteiger partial charge in [-0.2, -0.15) is 0 Å². The molecule has 2 amide bonds. The van der Waals surface area contributed by atoms with Crippen LogP contribution in [0.2, 0.25) is 5.02 Å². The molecule has 9 heteroatoms. The zero-order valence-corrected chi connectivity index (χ0v) is 20.7. The molecular formula is C25H17BrClNO5S. The van der Waals surface area contributed by atoms with E-state index in [1.54, 1.807) is 66.7 Å². The number of amides is 2. The summed E-state index contributed by atoms with van der Waals surface area (Å²) in [6, 6.07) is 18.8. The summed E-state index contributed by atoms with van der Waals surface area (Å²) in [6.45, 7) is 0.376. The number of hydrogen-bond acceptors (Lipinski definition) is 5. The predicted octanol–water partition coefficient (Wildman–Crippen LogP) is 6.62. The largest absolute Gasteiger partial charge is 0.488 e. The molecule has 0 atom stereocenters. The molecule has 3 aromatic carbocycles. The van der Waals surface area contributed by atoms with Gasteiger partial charge in [-0.1, -0.05) is 41.9 Å². The summed E-state index contributed by atoms with van der Waals surface area (Å²) in [5.74, 6) is -0.779. The van der Waals surface area contributed by atoms with Crippen LogP contribution in [-0.4, -0.2) is 27.1 Å². The molecular weight excluding hydrogens is 542 g/mol. The van der Waals surface area contributed by atoms with Gasteiger partial charge in [0.25, 0.3) is 11.1 Å². The molecule has 1 fully saturated rings. The van der Waals surface area contributed by atoms with Crippen molar-refractivity contribution < 1.29 is 24.2 Å². The van der Waals surface area contributed by atoms with Crippen molar-refractivity contribution >= 4 is 62.5 Å². The van der Waals surface area contributed by atoms with Crippen LogP contribution >= 0.6 is 39.3 Å². The van der Waals surface area contributed by atoms with Crippen LogP contribution in [-0.2, 0) is 17.9 Å². The Bertz CT molecular complexity index is 1310.